The minimum absolute atomic E-state index is 0.173. The van der Waals surface area contributed by atoms with E-state index in [1.807, 2.05) is 12.1 Å². The van der Waals surface area contributed by atoms with Crippen LogP contribution >= 0.6 is 0 Å². The fourth-order valence-corrected chi connectivity index (χ4v) is 2.69. The number of benzene rings is 1. The van der Waals surface area contributed by atoms with Gasteiger partial charge in [0.05, 0.1) is 11.5 Å². The number of ether oxygens (including phenoxy) is 1. The standard InChI is InChI=1S/C20H21NO4/c1-4-25-20(22)12-16-7-8-19-13-17(9-10-18(19)11-16)14(2)5-6-15(3)21(23)24/h5-6,9-10,12-13H,2-4,7-8,11H2,1H3/b6-5-,16-12+. The summed E-state index contributed by atoms with van der Waals surface area (Å²) in [6.45, 7) is 9.49. The number of carbonyl (C=O) groups excluding carboxylic acids is 1. The third-order valence-electron chi connectivity index (χ3n) is 4.03. The van der Waals surface area contributed by atoms with Crippen LogP contribution in [0.3, 0.4) is 0 Å². The SMILES string of the molecule is C=C(/C=C\C(=C)[N+](=O)[O-])c1ccc2c(c1)CC/C(=C\C(=O)OCC)C2. The molecular weight excluding hydrogens is 318 g/mol. The second-order valence-corrected chi connectivity index (χ2v) is 5.82. The Hall–Kier alpha value is -2.95. The Bertz CT molecular complexity index is 787. The normalized spacial score (nSPS) is 15.0. The minimum Gasteiger partial charge on any atom is -0.463 e. The molecule has 0 aliphatic heterocycles. The van der Waals surface area contributed by atoms with Crippen LogP contribution in [0.2, 0.25) is 0 Å². The number of nitro groups is 1. The summed E-state index contributed by atoms with van der Waals surface area (Å²) in [4.78, 5) is 21.6. The largest absolute Gasteiger partial charge is 0.463 e. The second kappa shape index (κ2) is 8.24. The molecule has 0 unspecified atom stereocenters. The highest BCUT2D eigenvalue weighted by Gasteiger charge is 2.15. The van der Waals surface area contributed by atoms with Crippen LogP contribution < -0.4 is 0 Å². The summed E-state index contributed by atoms with van der Waals surface area (Å²) in [6, 6.07) is 6.01. The Morgan fingerprint density at radius 3 is 2.72 bits per heavy atom. The first-order valence-corrected chi connectivity index (χ1v) is 8.09. The number of hydrogen-bond donors (Lipinski definition) is 0. The van der Waals surface area contributed by atoms with Crippen LogP contribution in [0.4, 0.5) is 0 Å². The lowest BCUT2D eigenvalue weighted by atomic mass is 9.86. The first kappa shape index (κ1) is 18.4. The van der Waals surface area contributed by atoms with Crippen molar-refractivity contribution in [2.75, 3.05) is 6.61 Å². The van der Waals surface area contributed by atoms with E-state index in [1.54, 1.807) is 19.1 Å². The third kappa shape index (κ3) is 5.01. The van der Waals surface area contributed by atoms with Crippen molar-refractivity contribution < 1.29 is 14.5 Å². The summed E-state index contributed by atoms with van der Waals surface area (Å²) in [5.41, 5.74) is 4.90. The summed E-state index contributed by atoms with van der Waals surface area (Å²) < 4.78 is 4.96. The van der Waals surface area contributed by atoms with Crippen LogP contribution in [-0.2, 0) is 22.4 Å². The van der Waals surface area contributed by atoms with E-state index in [4.69, 9.17) is 4.74 Å². The van der Waals surface area contributed by atoms with Gasteiger partial charge in [-0.15, -0.1) is 0 Å². The highest BCUT2D eigenvalue weighted by molar-refractivity contribution is 5.83. The summed E-state index contributed by atoms with van der Waals surface area (Å²) in [5, 5.41) is 10.6. The Balaban J connectivity index is 2.11. The summed E-state index contributed by atoms with van der Waals surface area (Å²) in [7, 11) is 0. The molecule has 0 amide bonds. The maximum atomic E-state index is 11.6. The molecule has 25 heavy (non-hydrogen) atoms. The summed E-state index contributed by atoms with van der Waals surface area (Å²) in [5.74, 6) is -0.290. The zero-order chi connectivity index (χ0) is 18.4. The number of hydrogen-bond acceptors (Lipinski definition) is 4. The molecule has 0 atom stereocenters. The molecule has 5 heteroatoms. The van der Waals surface area contributed by atoms with Gasteiger partial charge in [0.15, 0.2) is 0 Å². The van der Waals surface area contributed by atoms with E-state index in [0.717, 1.165) is 30.4 Å². The molecule has 0 spiro atoms. The summed E-state index contributed by atoms with van der Waals surface area (Å²) >= 11 is 0. The maximum absolute atomic E-state index is 11.6. The van der Waals surface area contributed by atoms with E-state index in [-0.39, 0.29) is 11.7 Å². The van der Waals surface area contributed by atoms with Crippen molar-refractivity contribution in [2.45, 2.75) is 26.2 Å². The molecular formula is C20H21NO4. The zero-order valence-electron chi connectivity index (χ0n) is 14.3. The molecule has 1 aromatic carbocycles. The highest BCUT2D eigenvalue weighted by Crippen LogP contribution is 2.28. The number of rotatable bonds is 6. The minimum atomic E-state index is -0.534. The molecule has 0 radical (unpaired) electrons. The average molecular weight is 339 g/mol. The van der Waals surface area contributed by atoms with Crippen LogP contribution in [-0.4, -0.2) is 17.5 Å². The number of nitrogens with zero attached hydrogens (tertiary/aromatic N) is 1. The molecule has 5 nitrogen and oxygen atoms in total. The molecule has 0 N–H and O–H groups in total. The van der Waals surface area contributed by atoms with Gasteiger partial charge in [0, 0.05) is 12.2 Å². The third-order valence-corrected chi connectivity index (χ3v) is 4.03. The molecule has 130 valence electrons. The molecule has 0 saturated carbocycles. The van der Waals surface area contributed by atoms with E-state index in [0.29, 0.717) is 12.2 Å². The molecule has 0 saturated heterocycles. The topological polar surface area (TPSA) is 69.4 Å². The average Bonchev–Trinajstić information content (AvgIpc) is 2.58. The predicted octanol–water partition coefficient (Wildman–Crippen LogP) is 4.02. The van der Waals surface area contributed by atoms with Crippen LogP contribution in [0.5, 0.6) is 0 Å². The molecule has 1 aliphatic carbocycles. The first-order valence-electron chi connectivity index (χ1n) is 8.09. The van der Waals surface area contributed by atoms with Gasteiger partial charge in [0.1, 0.15) is 0 Å². The Morgan fingerprint density at radius 1 is 1.28 bits per heavy atom. The number of esters is 1. The number of allylic oxidation sites excluding steroid dienone is 4. The lowest BCUT2D eigenvalue weighted by molar-refractivity contribution is -0.418. The lowest BCUT2D eigenvalue weighted by Gasteiger charge is -2.19. The van der Waals surface area contributed by atoms with Gasteiger partial charge in [-0.05, 0) is 61.1 Å². The van der Waals surface area contributed by atoms with Crippen molar-refractivity contribution in [1.82, 2.24) is 0 Å². The van der Waals surface area contributed by atoms with Crippen molar-refractivity contribution in [3.63, 3.8) is 0 Å². The van der Waals surface area contributed by atoms with Crippen molar-refractivity contribution in [1.29, 1.82) is 0 Å². The van der Waals surface area contributed by atoms with Crippen LogP contribution in [0.25, 0.3) is 5.57 Å². The molecule has 2 rings (SSSR count). The molecule has 0 bridgehead atoms. The van der Waals surface area contributed by atoms with Crippen LogP contribution in [0.15, 0.2) is 60.9 Å². The Morgan fingerprint density at radius 2 is 2.04 bits per heavy atom. The number of aryl methyl sites for hydroxylation is 1. The van der Waals surface area contributed by atoms with E-state index >= 15 is 0 Å². The molecule has 1 aliphatic rings. The van der Waals surface area contributed by atoms with Crippen LogP contribution in [0.1, 0.15) is 30.0 Å². The van der Waals surface area contributed by atoms with E-state index in [2.05, 4.69) is 19.2 Å². The fraction of sp³-hybridized carbons (Fsp3) is 0.250. The van der Waals surface area contributed by atoms with Gasteiger partial charge in [0.2, 0.25) is 0 Å². The van der Waals surface area contributed by atoms with Crippen molar-refractivity contribution in [2.24, 2.45) is 0 Å². The lowest BCUT2D eigenvalue weighted by Crippen LogP contribution is -2.09. The van der Waals surface area contributed by atoms with Gasteiger partial charge >= 0.3 is 5.97 Å². The van der Waals surface area contributed by atoms with E-state index in [9.17, 15) is 14.9 Å². The Labute approximate surface area is 147 Å². The molecule has 1 aromatic rings. The monoisotopic (exact) mass is 339 g/mol. The first-order chi connectivity index (χ1) is 11.9. The van der Waals surface area contributed by atoms with Gasteiger partial charge < -0.3 is 4.74 Å². The number of fused-ring (bicyclic) bond motifs is 1. The predicted molar refractivity (Wildman–Crippen MR) is 97.5 cm³/mol. The second-order valence-electron chi connectivity index (χ2n) is 5.82. The molecule has 0 fully saturated rings. The quantitative estimate of drug-likeness (QED) is 0.258. The summed E-state index contributed by atoms with van der Waals surface area (Å²) in [6.07, 6.45) is 6.92. The number of carbonyl (C=O) groups is 1. The Kier molecular flexibility index (Phi) is 6.06. The van der Waals surface area contributed by atoms with Gasteiger partial charge in [-0.2, -0.15) is 0 Å². The van der Waals surface area contributed by atoms with Crippen LogP contribution in [0, 0.1) is 10.1 Å². The molecule has 0 heterocycles. The van der Waals surface area contributed by atoms with Gasteiger partial charge in [-0.25, -0.2) is 4.79 Å². The maximum Gasteiger partial charge on any atom is 0.330 e. The van der Waals surface area contributed by atoms with Crippen molar-refractivity contribution >= 4 is 11.5 Å². The van der Waals surface area contributed by atoms with Crippen molar-refractivity contribution in [3.05, 3.63) is 87.7 Å². The van der Waals surface area contributed by atoms with E-state index in [1.165, 1.54) is 17.2 Å². The zero-order valence-corrected chi connectivity index (χ0v) is 14.3. The smallest absolute Gasteiger partial charge is 0.330 e. The van der Waals surface area contributed by atoms with E-state index < -0.39 is 4.92 Å². The molecule has 0 aromatic heterocycles. The fourth-order valence-electron chi connectivity index (χ4n) is 2.69. The van der Waals surface area contributed by atoms with Crippen molar-refractivity contribution in [3.8, 4) is 0 Å². The highest BCUT2D eigenvalue weighted by atomic mass is 16.6. The van der Waals surface area contributed by atoms with Gasteiger partial charge in [0.25, 0.3) is 5.70 Å². The van der Waals surface area contributed by atoms with Gasteiger partial charge in [-0.1, -0.05) is 30.4 Å². The van der Waals surface area contributed by atoms with Gasteiger partial charge in [-0.3, -0.25) is 10.1 Å².